The second kappa shape index (κ2) is 7.61. The zero-order chi connectivity index (χ0) is 20.0. The molecule has 7 heteroatoms. The zero-order valence-electron chi connectivity index (χ0n) is 17.5. The van der Waals surface area contributed by atoms with Crippen LogP contribution in [0.2, 0.25) is 0 Å². The summed E-state index contributed by atoms with van der Waals surface area (Å²) < 4.78 is 5.25. The van der Waals surface area contributed by atoms with Gasteiger partial charge in [-0.05, 0) is 31.7 Å². The number of hydrogen-bond donors (Lipinski definition) is 1. The summed E-state index contributed by atoms with van der Waals surface area (Å²) in [5.74, 6) is 0.894. The Morgan fingerprint density at radius 3 is 2.76 bits per heavy atom. The highest BCUT2D eigenvalue weighted by Gasteiger charge is 2.32. The second-order valence-corrected chi connectivity index (χ2v) is 8.81. The van der Waals surface area contributed by atoms with Gasteiger partial charge in [-0.25, -0.2) is 4.98 Å². The van der Waals surface area contributed by atoms with E-state index in [9.17, 15) is 4.79 Å². The lowest BCUT2D eigenvalue weighted by atomic mass is 9.91. The van der Waals surface area contributed by atoms with Gasteiger partial charge in [-0.2, -0.15) is 0 Å². The molecular weight excluding hydrogens is 366 g/mol. The maximum Gasteiger partial charge on any atom is 0.236 e. The van der Waals surface area contributed by atoms with Gasteiger partial charge in [0, 0.05) is 68.2 Å². The van der Waals surface area contributed by atoms with Crippen molar-refractivity contribution in [1.29, 1.82) is 0 Å². The summed E-state index contributed by atoms with van der Waals surface area (Å²) in [6.07, 6.45) is 6.89. The number of aromatic amines is 1. The number of nitrogens with one attached hydrogen (secondary N) is 1. The van der Waals surface area contributed by atoms with Crippen LogP contribution in [0.4, 0.5) is 0 Å². The maximum atomic E-state index is 13.0. The van der Waals surface area contributed by atoms with Gasteiger partial charge < -0.3 is 14.6 Å². The van der Waals surface area contributed by atoms with Gasteiger partial charge in [0.25, 0.3) is 0 Å². The minimum Gasteiger partial charge on any atom is -0.481 e. The molecule has 0 bridgehead atoms. The predicted octanol–water partition coefficient (Wildman–Crippen LogP) is 2.01. The molecule has 156 valence electrons. The van der Waals surface area contributed by atoms with Gasteiger partial charge in [-0.3, -0.25) is 14.6 Å². The van der Waals surface area contributed by atoms with E-state index in [1.54, 1.807) is 7.11 Å². The summed E-state index contributed by atoms with van der Waals surface area (Å²) in [6, 6.07) is 3.07. The Morgan fingerprint density at radius 1 is 1.28 bits per heavy atom. The van der Waals surface area contributed by atoms with Crippen LogP contribution in [0.1, 0.15) is 37.4 Å². The molecule has 0 radical (unpaired) electrons. The first-order valence-corrected chi connectivity index (χ1v) is 10.9. The lowest BCUT2D eigenvalue weighted by Gasteiger charge is -2.43. The van der Waals surface area contributed by atoms with Gasteiger partial charge in [0.15, 0.2) is 0 Å². The normalized spacial score (nSPS) is 23.8. The molecule has 2 aromatic rings. The van der Waals surface area contributed by atoms with Crippen LogP contribution in [0.15, 0.2) is 12.3 Å². The molecule has 4 heterocycles. The van der Waals surface area contributed by atoms with Crippen LogP contribution < -0.4 is 4.74 Å². The average Bonchev–Trinajstić information content (AvgIpc) is 3.03. The molecule has 3 aliphatic rings. The molecule has 29 heavy (non-hydrogen) atoms. The molecule has 5 rings (SSSR count). The van der Waals surface area contributed by atoms with Gasteiger partial charge in [0.05, 0.1) is 19.2 Å². The highest BCUT2D eigenvalue weighted by molar-refractivity contribution is 5.85. The fourth-order valence-electron chi connectivity index (χ4n) is 5.02. The number of ether oxygens (including phenoxy) is 1. The quantitative estimate of drug-likeness (QED) is 0.855. The minimum absolute atomic E-state index is 0.271. The highest BCUT2D eigenvalue weighted by atomic mass is 16.5. The van der Waals surface area contributed by atoms with Crippen LogP contribution in [0, 0.1) is 0 Å². The van der Waals surface area contributed by atoms with Crippen molar-refractivity contribution >= 4 is 16.8 Å². The van der Waals surface area contributed by atoms with E-state index < -0.39 is 0 Å². The molecule has 1 aliphatic carbocycles. The number of carbonyl (C=O) groups is 1. The molecule has 0 spiro atoms. The van der Waals surface area contributed by atoms with Crippen molar-refractivity contribution in [1.82, 2.24) is 24.7 Å². The van der Waals surface area contributed by atoms with Crippen LogP contribution in [-0.4, -0.2) is 82.5 Å². The van der Waals surface area contributed by atoms with E-state index in [-0.39, 0.29) is 5.91 Å². The Bertz CT molecular complexity index is 898. The number of H-pyrrole nitrogens is 1. The highest BCUT2D eigenvalue weighted by Crippen LogP contribution is 2.31. The van der Waals surface area contributed by atoms with E-state index in [1.807, 2.05) is 12.3 Å². The summed E-state index contributed by atoms with van der Waals surface area (Å²) in [5, 5.41) is 1.17. The Kier molecular flexibility index (Phi) is 4.95. The maximum absolute atomic E-state index is 13.0. The molecule has 2 aliphatic heterocycles. The zero-order valence-corrected chi connectivity index (χ0v) is 17.5. The van der Waals surface area contributed by atoms with Crippen molar-refractivity contribution < 1.29 is 9.53 Å². The molecule has 7 nitrogen and oxygen atoms in total. The van der Waals surface area contributed by atoms with E-state index in [0.29, 0.717) is 18.5 Å². The monoisotopic (exact) mass is 397 g/mol. The summed E-state index contributed by atoms with van der Waals surface area (Å²) >= 11 is 0. The molecule has 1 amide bonds. The molecule has 2 fully saturated rings. The lowest BCUT2D eigenvalue weighted by Crippen LogP contribution is -2.55. The van der Waals surface area contributed by atoms with Crippen LogP contribution in [-0.2, 0) is 17.8 Å². The Balaban J connectivity index is 1.24. The summed E-state index contributed by atoms with van der Waals surface area (Å²) in [7, 11) is 1.64. The van der Waals surface area contributed by atoms with E-state index in [0.717, 1.165) is 50.7 Å². The molecule has 1 atom stereocenters. The summed E-state index contributed by atoms with van der Waals surface area (Å²) in [4.78, 5) is 27.8. The molecule has 2 aromatic heterocycles. The van der Waals surface area contributed by atoms with Crippen molar-refractivity contribution in [3.8, 4) is 5.88 Å². The van der Waals surface area contributed by atoms with Gasteiger partial charge >= 0.3 is 0 Å². The Morgan fingerprint density at radius 2 is 2.07 bits per heavy atom. The predicted molar refractivity (Wildman–Crippen MR) is 112 cm³/mol. The SMILES string of the molecule is COc1cc2[nH]c3c(c2cn1)CC(C)N(CC(=O)N1CCN(C2CCC2)CC1)C3. The first-order chi connectivity index (χ1) is 14.1. The number of aromatic nitrogens is 2. The van der Waals surface area contributed by atoms with Crippen molar-refractivity contribution in [2.75, 3.05) is 39.8 Å². The van der Waals surface area contributed by atoms with Crippen LogP contribution in [0.3, 0.4) is 0 Å². The molecule has 1 N–H and O–H groups in total. The molecule has 1 saturated heterocycles. The number of methoxy groups -OCH3 is 1. The average molecular weight is 398 g/mol. The smallest absolute Gasteiger partial charge is 0.236 e. The van der Waals surface area contributed by atoms with E-state index in [1.165, 1.54) is 35.9 Å². The van der Waals surface area contributed by atoms with Crippen molar-refractivity contribution in [2.24, 2.45) is 0 Å². The molecule has 1 unspecified atom stereocenters. The number of nitrogens with zero attached hydrogens (tertiary/aromatic N) is 4. The van der Waals surface area contributed by atoms with Gasteiger partial charge in [0.2, 0.25) is 11.8 Å². The largest absolute Gasteiger partial charge is 0.481 e. The molecule has 1 saturated carbocycles. The minimum atomic E-state index is 0.271. The summed E-state index contributed by atoms with van der Waals surface area (Å²) in [6.45, 7) is 7.32. The third-order valence-electron chi connectivity index (χ3n) is 7.14. The number of carbonyl (C=O) groups excluding carboxylic acids is 1. The second-order valence-electron chi connectivity index (χ2n) is 8.81. The lowest BCUT2D eigenvalue weighted by molar-refractivity contribution is -0.135. The van der Waals surface area contributed by atoms with E-state index in [2.05, 4.69) is 31.6 Å². The number of pyridine rings is 1. The number of fused-ring (bicyclic) bond motifs is 3. The van der Waals surface area contributed by atoms with Gasteiger partial charge in [-0.15, -0.1) is 0 Å². The van der Waals surface area contributed by atoms with Crippen LogP contribution >= 0.6 is 0 Å². The number of piperazine rings is 1. The van der Waals surface area contributed by atoms with E-state index in [4.69, 9.17) is 4.74 Å². The molecular formula is C22H31N5O2. The fraction of sp³-hybridized carbons (Fsp3) is 0.636. The van der Waals surface area contributed by atoms with Crippen molar-refractivity contribution in [2.45, 2.75) is 51.2 Å². The summed E-state index contributed by atoms with van der Waals surface area (Å²) in [5.41, 5.74) is 3.60. The van der Waals surface area contributed by atoms with Crippen LogP contribution in [0.5, 0.6) is 5.88 Å². The van der Waals surface area contributed by atoms with Crippen molar-refractivity contribution in [3.63, 3.8) is 0 Å². The Labute approximate surface area is 172 Å². The van der Waals surface area contributed by atoms with Crippen LogP contribution in [0.25, 0.3) is 10.9 Å². The standard InChI is InChI=1S/C22H31N5O2/c1-15-10-17-18-12-23-21(29-2)11-19(18)24-20(17)13-27(15)14-22(28)26-8-6-25(7-9-26)16-4-3-5-16/h11-12,15-16,24H,3-10,13-14H2,1-2H3. The first kappa shape index (κ1) is 18.9. The topological polar surface area (TPSA) is 64.7 Å². The Hall–Kier alpha value is -2.12. The number of rotatable bonds is 4. The van der Waals surface area contributed by atoms with Crippen molar-refractivity contribution in [3.05, 3.63) is 23.5 Å². The van der Waals surface area contributed by atoms with E-state index >= 15 is 0 Å². The molecule has 0 aromatic carbocycles. The van der Waals surface area contributed by atoms with Gasteiger partial charge in [0.1, 0.15) is 0 Å². The fourth-order valence-corrected chi connectivity index (χ4v) is 5.02. The van der Waals surface area contributed by atoms with Gasteiger partial charge in [-0.1, -0.05) is 6.42 Å². The number of amides is 1. The third-order valence-corrected chi connectivity index (χ3v) is 7.14. The first-order valence-electron chi connectivity index (χ1n) is 10.9. The number of hydrogen-bond acceptors (Lipinski definition) is 5. The third kappa shape index (κ3) is 3.51.